The molecule has 0 spiro atoms. The highest BCUT2D eigenvalue weighted by Gasteiger charge is 2.29. The van der Waals surface area contributed by atoms with Gasteiger partial charge in [0, 0.05) is 22.3 Å². The molecule has 1 aliphatic rings. The van der Waals surface area contributed by atoms with Gasteiger partial charge < -0.3 is 10.3 Å². The van der Waals surface area contributed by atoms with Crippen molar-refractivity contribution in [1.29, 1.82) is 0 Å². The van der Waals surface area contributed by atoms with E-state index < -0.39 is 0 Å². The number of hydrogen-bond donors (Lipinski definition) is 1. The van der Waals surface area contributed by atoms with Crippen LogP contribution in [0.25, 0.3) is 22.4 Å². The summed E-state index contributed by atoms with van der Waals surface area (Å²) in [5.41, 5.74) is 11.1. The zero-order chi connectivity index (χ0) is 14.6. The summed E-state index contributed by atoms with van der Waals surface area (Å²) < 4.78 is 2.35. The number of rotatable bonds is 2. The zero-order valence-electron chi connectivity index (χ0n) is 11.8. The van der Waals surface area contributed by atoms with E-state index >= 15 is 0 Å². The van der Waals surface area contributed by atoms with Gasteiger partial charge in [0.1, 0.15) is 5.82 Å². The summed E-state index contributed by atoms with van der Waals surface area (Å²) in [6.07, 6.45) is 2.43. The molecule has 21 heavy (non-hydrogen) atoms. The molecule has 4 rings (SSSR count). The number of anilines is 1. The fraction of sp³-hybridized carbons (Fsp3) is 0.235. The van der Waals surface area contributed by atoms with Crippen molar-refractivity contribution in [2.45, 2.75) is 25.8 Å². The van der Waals surface area contributed by atoms with E-state index in [0.717, 1.165) is 38.7 Å². The van der Waals surface area contributed by atoms with Gasteiger partial charge in [-0.3, -0.25) is 0 Å². The average Bonchev–Trinajstić information content (AvgIpc) is 3.20. The van der Waals surface area contributed by atoms with E-state index in [-0.39, 0.29) is 0 Å². The lowest BCUT2D eigenvalue weighted by atomic mass is 10.1. The van der Waals surface area contributed by atoms with Gasteiger partial charge in [-0.2, -0.15) is 0 Å². The molecule has 0 atom stereocenters. The number of aromatic nitrogens is 2. The predicted octanol–water partition coefficient (Wildman–Crippen LogP) is 4.58. The van der Waals surface area contributed by atoms with E-state index in [9.17, 15) is 0 Å². The molecule has 0 aliphatic heterocycles. The van der Waals surface area contributed by atoms with E-state index in [0.29, 0.717) is 6.04 Å². The quantitative estimate of drug-likeness (QED) is 0.703. The van der Waals surface area contributed by atoms with Gasteiger partial charge >= 0.3 is 0 Å². The smallest absolute Gasteiger partial charge is 0.141 e. The Morgan fingerprint density at radius 3 is 2.71 bits per heavy atom. The second-order valence-electron chi connectivity index (χ2n) is 5.74. The topological polar surface area (TPSA) is 43.8 Å². The Kier molecular flexibility index (Phi) is 2.73. The monoisotopic (exact) mass is 297 g/mol. The summed E-state index contributed by atoms with van der Waals surface area (Å²) in [6.45, 7) is 2.08. The van der Waals surface area contributed by atoms with E-state index in [2.05, 4.69) is 23.6 Å². The molecule has 0 saturated heterocycles. The third-order valence-electron chi connectivity index (χ3n) is 4.05. The Morgan fingerprint density at radius 2 is 2.00 bits per heavy atom. The molecule has 0 bridgehead atoms. The van der Waals surface area contributed by atoms with Crippen LogP contribution in [0.5, 0.6) is 0 Å². The third-order valence-corrected chi connectivity index (χ3v) is 4.29. The number of nitrogens with zero attached hydrogens (tertiary/aromatic N) is 2. The standard InChI is InChI=1S/C17H16ClN3/c1-10-8-12(19)3-6-14(10)17-20-15-9-11(18)2-7-16(15)21(17)13-4-5-13/h2-3,6-9,13H,4-5,19H2,1H3. The lowest BCUT2D eigenvalue weighted by Gasteiger charge is -2.10. The summed E-state index contributed by atoms with van der Waals surface area (Å²) in [6, 6.07) is 12.5. The number of hydrogen-bond acceptors (Lipinski definition) is 2. The Morgan fingerprint density at radius 1 is 1.19 bits per heavy atom. The molecule has 2 N–H and O–H groups in total. The number of fused-ring (bicyclic) bond motifs is 1. The van der Waals surface area contributed by atoms with Crippen LogP contribution < -0.4 is 5.73 Å². The first-order chi connectivity index (χ1) is 10.1. The molecular formula is C17H16ClN3. The molecule has 106 valence electrons. The summed E-state index contributed by atoms with van der Waals surface area (Å²) in [7, 11) is 0. The molecule has 1 fully saturated rings. The summed E-state index contributed by atoms with van der Waals surface area (Å²) in [5.74, 6) is 1.02. The molecule has 3 nitrogen and oxygen atoms in total. The van der Waals surface area contributed by atoms with Crippen molar-refractivity contribution in [1.82, 2.24) is 9.55 Å². The first-order valence-electron chi connectivity index (χ1n) is 7.17. The summed E-state index contributed by atoms with van der Waals surface area (Å²) in [5, 5.41) is 0.725. The molecule has 4 heteroatoms. The van der Waals surface area contributed by atoms with Crippen LogP contribution in [-0.4, -0.2) is 9.55 Å². The van der Waals surface area contributed by atoms with E-state index in [1.807, 2.05) is 24.3 Å². The third kappa shape index (κ3) is 2.09. The summed E-state index contributed by atoms with van der Waals surface area (Å²) >= 11 is 6.11. The Bertz CT molecular complexity index is 847. The number of imidazole rings is 1. The van der Waals surface area contributed by atoms with Crippen LogP contribution in [0, 0.1) is 6.92 Å². The van der Waals surface area contributed by atoms with Crippen molar-refractivity contribution < 1.29 is 0 Å². The highest BCUT2D eigenvalue weighted by atomic mass is 35.5. The van der Waals surface area contributed by atoms with E-state index in [1.165, 1.54) is 12.8 Å². The average molecular weight is 298 g/mol. The normalized spacial score (nSPS) is 14.8. The van der Waals surface area contributed by atoms with Gasteiger partial charge in [0.15, 0.2) is 0 Å². The second-order valence-corrected chi connectivity index (χ2v) is 6.18. The first-order valence-corrected chi connectivity index (χ1v) is 7.55. The van der Waals surface area contributed by atoms with Crippen LogP contribution in [0.4, 0.5) is 5.69 Å². The molecule has 0 amide bonds. The minimum absolute atomic E-state index is 0.558. The van der Waals surface area contributed by atoms with Crippen molar-refractivity contribution in [3.8, 4) is 11.4 Å². The maximum atomic E-state index is 6.11. The number of benzene rings is 2. The van der Waals surface area contributed by atoms with Gasteiger partial charge in [-0.15, -0.1) is 0 Å². The Labute approximate surface area is 128 Å². The van der Waals surface area contributed by atoms with Crippen molar-refractivity contribution in [2.24, 2.45) is 0 Å². The van der Waals surface area contributed by atoms with Gasteiger partial charge in [0.2, 0.25) is 0 Å². The largest absolute Gasteiger partial charge is 0.399 e. The van der Waals surface area contributed by atoms with Gasteiger partial charge in [-0.05, 0) is 61.7 Å². The zero-order valence-corrected chi connectivity index (χ0v) is 12.6. The van der Waals surface area contributed by atoms with Crippen molar-refractivity contribution >= 4 is 28.3 Å². The second kappa shape index (κ2) is 4.50. The molecule has 1 saturated carbocycles. The predicted molar refractivity (Wildman–Crippen MR) is 87.6 cm³/mol. The summed E-state index contributed by atoms with van der Waals surface area (Å²) in [4.78, 5) is 4.83. The fourth-order valence-electron chi connectivity index (χ4n) is 2.90. The first kappa shape index (κ1) is 12.7. The minimum Gasteiger partial charge on any atom is -0.399 e. The highest BCUT2D eigenvalue weighted by Crippen LogP contribution is 2.42. The molecule has 0 unspecified atom stereocenters. The van der Waals surface area contributed by atoms with Crippen molar-refractivity contribution in [2.75, 3.05) is 5.73 Å². The number of nitrogens with two attached hydrogens (primary N) is 1. The van der Waals surface area contributed by atoms with E-state index in [4.69, 9.17) is 22.3 Å². The Hall–Kier alpha value is -2.00. The van der Waals surface area contributed by atoms with Crippen LogP contribution >= 0.6 is 11.6 Å². The lowest BCUT2D eigenvalue weighted by Crippen LogP contribution is -1.99. The fourth-order valence-corrected chi connectivity index (χ4v) is 3.07. The van der Waals surface area contributed by atoms with E-state index in [1.54, 1.807) is 0 Å². The number of nitrogen functional groups attached to an aromatic ring is 1. The molecule has 1 heterocycles. The molecule has 1 aromatic heterocycles. The lowest BCUT2D eigenvalue weighted by molar-refractivity contribution is 0.775. The SMILES string of the molecule is Cc1cc(N)ccc1-c1nc2cc(Cl)ccc2n1C1CC1. The molecule has 3 aromatic rings. The van der Waals surface area contributed by atoms with Gasteiger partial charge in [-0.1, -0.05) is 11.6 Å². The van der Waals surface area contributed by atoms with Crippen LogP contribution in [0.15, 0.2) is 36.4 Å². The number of aryl methyl sites for hydroxylation is 1. The van der Waals surface area contributed by atoms with Gasteiger partial charge in [0.05, 0.1) is 11.0 Å². The Balaban J connectivity index is 2.01. The van der Waals surface area contributed by atoms with Crippen LogP contribution in [0.1, 0.15) is 24.4 Å². The minimum atomic E-state index is 0.558. The van der Waals surface area contributed by atoms with Gasteiger partial charge in [-0.25, -0.2) is 4.98 Å². The molecule has 1 aliphatic carbocycles. The van der Waals surface area contributed by atoms with Crippen LogP contribution in [-0.2, 0) is 0 Å². The van der Waals surface area contributed by atoms with Crippen molar-refractivity contribution in [3.05, 3.63) is 47.0 Å². The van der Waals surface area contributed by atoms with Crippen LogP contribution in [0.3, 0.4) is 0 Å². The molecule has 2 aromatic carbocycles. The van der Waals surface area contributed by atoms with Gasteiger partial charge in [0.25, 0.3) is 0 Å². The molecule has 0 radical (unpaired) electrons. The highest BCUT2D eigenvalue weighted by molar-refractivity contribution is 6.31. The molecular weight excluding hydrogens is 282 g/mol. The maximum Gasteiger partial charge on any atom is 0.141 e. The maximum absolute atomic E-state index is 6.11. The number of halogens is 1. The van der Waals surface area contributed by atoms with Crippen LogP contribution in [0.2, 0.25) is 5.02 Å². The van der Waals surface area contributed by atoms with Crippen molar-refractivity contribution in [3.63, 3.8) is 0 Å².